The number of benzene rings is 1. The van der Waals surface area contributed by atoms with Crippen molar-refractivity contribution >= 4 is 17.7 Å². The van der Waals surface area contributed by atoms with Crippen molar-refractivity contribution in [1.29, 1.82) is 0 Å². The summed E-state index contributed by atoms with van der Waals surface area (Å²) in [4.78, 5) is 15.4. The first-order valence-corrected chi connectivity index (χ1v) is 8.93. The fourth-order valence-corrected chi connectivity index (χ4v) is 3.54. The zero-order valence-corrected chi connectivity index (χ0v) is 13.9. The Morgan fingerprint density at radius 2 is 2.10 bits per heavy atom. The largest absolute Gasteiger partial charge is 0.342 e. The molecule has 1 fully saturated rings. The number of likely N-dealkylation sites (tertiary alicyclic amines) is 1. The van der Waals surface area contributed by atoms with Crippen LogP contribution in [-0.2, 0) is 4.79 Å². The summed E-state index contributed by atoms with van der Waals surface area (Å²) in [5.74, 6) is 0.837. The minimum atomic E-state index is 0.282. The number of piperidine rings is 1. The lowest BCUT2D eigenvalue weighted by Crippen LogP contribution is -2.36. The van der Waals surface area contributed by atoms with Gasteiger partial charge in [0.05, 0.1) is 5.75 Å². The minimum absolute atomic E-state index is 0.282. The minimum Gasteiger partial charge on any atom is -0.342 e. The Kier molecular flexibility index (Phi) is 6.58. The molecular weight excluding hydrogens is 280 g/mol. The van der Waals surface area contributed by atoms with Gasteiger partial charge in [-0.3, -0.25) is 4.79 Å². The van der Waals surface area contributed by atoms with E-state index in [4.69, 9.17) is 0 Å². The molecule has 0 spiro atoms. The molecular formula is C17H26N2OS. The van der Waals surface area contributed by atoms with Crippen LogP contribution in [0, 0.1) is 0 Å². The molecule has 0 bridgehead atoms. The molecule has 2 rings (SSSR count). The van der Waals surface area contributed by atoms with Gasteiger partial charge in [0.1, 0.15) is 0 Å². The molecule has 1 atom stereocenters. The first kappa shape index (κ1) is 16.4. The first-order chi connectivity index (χ1) is 10.2. The number of thioether (sulfide) groups is 1. The number of hydrogen-bond acceptors (Lipinski definition) is 3. The standard InChI is InChI=1S/C17H26N2OS/c1-3-18-14(2)15-8-7-9-16(12-15)21-13-17(20)19-10-5-4-6-11-19/h7-9,12,14,18H,3-6,10-11,13H2,1-2H3. The maximum absolute atomic E-state index is 12.2. The molecule has 1 aromatic carbocycles. The quantitative estimate of drug-likeness (QED) is 0.817. The van der Waals surface area contributed by atoms with E-state index in [1.807, 2.05) is 4.90 Å². The fourth-order valence-electron chi connectivity index (χ4n) is 2.68. The number of hydrogen-bond donors (Lipinski definition) is 1. The molecule has 1 heterocycles. The number of amides is 1. The van der Waals surface area contributed by atoms with E-state index in [1.54, 1.807) is 11.8 Å². The van der Waals surface area contributed by atoms with E-state index < -0.39 is 0 Å². The molecule has 0 saturated carbocycles. The van der Waals surface area contributed by atoms with Gasteiger partial charge in [0.15, 0.2) is 0 Å². The lowest BCUT2D eigenvalue weighted by atomic mass is 10.1. The second kappa shape index (κ2) is 8.44. The Bertz CT molecular complexity index is 458. The Balaban J connectivity index is 1.87. The Morgan fingerprint density at radius 3 is 2.81 bits per heavy atom. The lowest BCUT2D eigenvalue weighted by molar-refractivity contribution is -0.129. The maximum atomic E-state index is 12.2. The van der Waals surface area contributed by atoms with Gasteiger partial charge in [-0.25, -0.2) is 0 Å². The number of rotatable bonds is 6. The van der Waals surface area contributed by atoms with E-state index in [2.05, 4.69) is 43.4 Å². The maximum Gasteiger partial charge on any atom is 0.232 e. The van der Waals surface area contributed by atoms with Gasteiger partial charge in [-0.15, -0.1) is 11.8 Å². The fraction of sp³-hybridized carbons (Fsp3) is 0.588. The molecule has 1 aliphatic heterocycles. The zero-order chi connectivity index (χ0) is 15.1. The van der Waals surface area contributed by atoms with Crippen LogP contribution in [0.4, 0.5) is 0 Å². The van der Waals surface area contributed by atoms with Crippen LogP contribution in [0.5, 0.6) is 0 Å². The van der Waals surface area contributed by atoms with Gasteiger partial charge >= 0.3 is 0 Å². The van der Waals surface area contributed by atoms with Crippen molar-refractivity contribution in [2.24, 2.45) is 0 Å². The van der Waals surface area contributed by atoms with E-state index in [1.165, 1.54) is 16.9 Å². The Morgan fingerprint density at radius 1 is 1.33 bits per heavy atom. The molecule has 1 aliphatic rings. The number of nitrogens with zero attached hydrogens (tertiary/aromatic N) is 1. The normalized spacial score (nSPS) is 16.8. The van der Waals surface area contributed by atoms with Crippen LogP contribution in [0.2, 0.25) is 0 Å². The second-order valence-electron chi connectivity index (χ2n) is 5.58. The van der Waals surface area contributed by atoms with Crippen molar-refractivity contribution in [2.45, 2.75) is 44.0 Å². The highest BCUT2D eigenvalue weighted by atomic mass is 32.2. The van der Waals surface area contributed by atoms with E-state index in [9.17, 15) is 4.79 Å². The molecule has 1 N–H and O–H groups in total. The Hall–Kier alpha value is -1.00. The molecule has 3 nitrogen and oxygen atoms in total. The summed E-state index contributed by atoms with van der Waals surface area (Å²) in [7, 11) is 0. The third-order valence-electron chi connectivity index (χ3n) is 3.94. The van der Waals surface area contributed by atoms with Gasteiger partial charge in [-0.05, 0) is 50.4 Å². The predicted molar refractivity (Wildman–Crippen MR) is 89.7 cm³/mol. The summed E-state index contributed by atoms with van der Waals surface area (Å²) in [6.45, 7) is 7.14. The number of nitrogens with one attached hydrogen (secondary N) is 1. The van der Waals surface area contributed by atoms with E-state index in [-0.39, 0.29) is 5.91 Å². The zero-order valence-electron chi connectivity index (χ0n) is 13.1. The Labute approximate surface area is 132 Å². The van der Waals surface area contributed by atoms with E-state index in [0.717, 1.165) is 32.5 Å². The molecule has 21 heavy (non-hydrogen) atoms. The van der Waals surface area contributed by atoms with Crippen LogP contribution >= 0.6 is 11.8 Å². The SMILES string of the molecule is CCNC(C)c1cccc(SCC(=O)N2CCCCC2)c1. The van der Waals surface area contributed by atoms with Crippen LogP contribution in [0.15, 0.2) is 29.2 Å². The summed E-state index contributed by atoms with van der Waals surface area (Å²) < 4.78 is 0. The van der Waals surface area contributed by atoms with E-state index in [0.29, 0.717) is 11.8 Å². The van der Waals surface area contributed by atoms with Crippen LogP contribution in [-0.4, -0.2) is 36.2 Å². The summed E-state index contributed by atoms with van der Waals surface area (Å²) in [5, 5.41) is 3.42. The van der Waals surface area contributed by atoms with Gasteiger partial charge in [0.25, 0.3) is 0 Å². The molecule has 1 amide bonds. The molecule has 0 aliphatic carbocycles. The van der Waals surface area contributed by atoms with Crippen molar-refractivity contribution in [3.05, 3.63) is 29.8 Å². The highest BCUT2D eigenvalue weighted by Gasteiger charge is 2.16. The third kappa shape index (κ3) is 5.04. The number of carbonyl (C=O) groups excluding carboxylic acids is 1. The molecule has 4 heteroatoms. The predicted octanol–water partition coefficient (Wildman–Crippen LogP) is 3.46. The lowest BCUT2D eigenvalue weighted by Gasteiger charge is -2.26. The van der Waals surface area contributed by atoms with Crippen LogP contribution in [0.25, 0.3) is 0 Å². The molecule has 0 radical (unpaired) electrons. The van der Waals surface area contributed by atoms with Crippen molar-refractivity contribution in [3.8, 4) is 0 Å². The molecule has 1 aromatic rings. The monoisotopic (exact) mass is 306 g/mol. The summed E-state index contributed by atoms with van der Waals surface area (Å²) in [5.41, 5.74) is 1.28. The van der Waals surface area contributed by atoms with Gasteiger partial charge in [0, 0.05) is 24.0 Å². The van der Waals surface area contributed by atoms with Crippen LogP contribution < -0.4 is 5.32 Å². The third-order valence-corrected chi connectivity index (χ3v) is 4.92. The van der Waals surface area contributed by atoms with Crippen molar-refractivity contribution in [2.75, 3.05) is 25.4 Å². The highest BCUT2D eigenvalue weighted by Crippen LogP contribution is 2.23. The van der Waals surface area contributed by atoms with Crippen molar-refractivity contribution < 1.29 is 4.79 Å². The summed E-state index contributed by atoms with van der Waals surface area (Å²) in [6.07, 6.45) is 3.58. The van der Waals surface area contributed by atoms with Gasteiger partial charge in [0.2, 0.25) is 5.91 Å². The topological polar surface area (TPSA) is 32.3 Å². The van der Waals surface area contributed by atoms with Gasteiger partial charge in [-0.1, -0.05) is 19.1 Å². The highest BCUT2D eigenvalue weighted by molar-refractivity contribution is 8.00. The van der Waals surface area contributed by atoms with Gasteiger partial charge < -0.3 is 10.2 Å². The van der Waals surface area contributed by atoms with Crippen molar-refractivity contribution in [1.82, 2.24) is 10.2 Å². The molecule has 1 saturated heterocycles. The second-order valence-corrected chi connectivity index (χ2v) is 6.63. The first-order valence-electron chi connectivity index (χ1n) is 7.94. The van der Waals surface area contributed by atoms with E-state index >= 15 is 0 Å². The van der Waals surface area contributed by atoms with Crippen molar-refractivity contribution in [3.63, 3.8) is 0 Å². The number of carbonyl (C=O) groups is 1. The molecule has 116 valence electrons. The summed E-state index contributed by atoms with van der Waals surface area (Å²) >= 11 is 1.65. The summed E-state index contributed by atoms with van der Waals surface area (Å²) in [6, 6.07) is 8.87. The van der Waals surface area contributed by atoms with Gasteiger partial charge in [-0.2, -0.15) is 0 Å². The van der Waals surface area contributed by atoms with Crippen LogP contribution in [0.3, 0.4) is 0 Å². The molecule has 1 unspecified atom stereocenters. The van der Waals surface area contributed by atoms with Crippen LogP contribution in [0.1, 0.15) is 44.7 Å². The average Bonchev–Trinajstić information content (AvgIpc) is 2.54. The average molecular weight is 306 g/mol. The smallest absolute Gasteiger partial charge is 0.232 e. The molecule has 0 aromatic heterocycles.